The molecule has 1 aromatic heterocycles. The fourth-order valence-electron chi connectivity index (χ4n) is 1.62. The summed E-state index contributed by atoms with van der Waals surface area (Å²) < 4.78 is 0. The van der Waals surface area contributed by atoms with Crippen LogP contribution in [-0.2, 0) is 6.54 Å². The van der Waals surface area contributed by atoms with Gasteiger partial charge in [0.05, 0.1) is 10.7 Å². The molecule has 0 fully saturated rings. The van der Waals surface area contributed by atoms with E-state index in [-0.39, 0.29) is 0 Å². The maximum absolute atomic E-state index is 6.15. The number of hydrogen-bond donors (Lipinski definition) is 1. The van der Waals surface area contributed by atoms with Crippen molar-refractivity contribution in [3.8, 4) is 0 Å². The van der Waals surface area contributed by atoms with E-state index in [4.69, 9.17) is 11.6 Å². The van der Waals surface area contributed by atoms with Crippen LogP contribution in [0.4, 0.5) is 5.82 Å². The smallest absolute Gasteiger partial charge is 0.128 e. The summed E-state index contributed by atoms with van der Waals surface area (Å²) in [6.45, 7) is 11.1. The van der Waals surface area contributed by atoms with Crippen LogP contribution in [-0.4, -0.2) is 24.1 Å². The molecule has 0 aliphatic rings. The number of pyridine rings is 1. The Bertz CT molecular complexity index is 349. The number of nitrogens with one attached hydrogen (secondary N) is 1. The van der Waals surface area contributed by atoms with Gasteiger partial charge in [0.15, 0.2) is 0 Å². The maximum atomic E-state index is 6.15. The highest BCUT2D eigenvalue weighted by atomic mass is 35.5. The predicted octanol–water partition coefficient (Wildman–Crippen LogP) is 3.08. The Hall–Kier alpha value is -0.800. The second kappa shape index (κ2) is 6.82. The summed E-state index contributed by atoms with van der Waals surface area (Å²) in [5, 5.41) is 4.07. The highest BCUT2D eigenvalue weighted by Gasteiger charge is 2.08. The topological polar surface area (TPSA) is 28.2 Å². The lowest BCUT2D eigenvalue weighted by molar-refractivity contribution is 0.581. The third-order valence-corrected chi connectivity index (χ3v) is 3.01. The molecule has 0 aliphatic carbocycles. The molecule has 0 aliphatic heterocycles. The SMILES string of the molecule is CCN(CC)c1ccc(Cl)c(CNC(C)C)n1. The van der Waals surface area contributed by atoms with Crippen molar-refractivity contribution in [3.05, 3.63) is 22.8 Å². The Balaban J connectivity index is 2.85. The zero-order valence-corrected chi connectivity index (χ0v) is 11.9. The van der Waals surface area contributed by atoms with Gasteiger partial charge in [0, 0.05) is 25.7 Å². The van der Waals surface area contributed by atoms with E-state index >= 15 is 0 Å². The van der Waals surface area contributed by atoms with Gasteiger partial charge in [-0.3, -0.25) is 0 Å². The third-order valence-electron chi connectivity index (χ3n) is 2.67. The van der Waals surface area contributed by atoms with Crippen molar-refractivity contribution < 1.29 is 0 Å². The van der Waals surface area contributed by atoms with Gasteiger partial charge < -0.3 is 10.2 Å². The number of rotatable bonds is 6. The largest absolute Gasteiger partial charge is 0.357 e. The van der Waals surface area contributed by atoms with Crippen LogP contribution in [0.5, 0.6) is 0 Å². The van der Waals surface area contributed by atoms with Gasteiger partial charge in [-0.05, 0) is 26.0 Å². The van der Waals surface area contributed by atoms with Crippen LogP contribution in [0.25, 0.3) is 0 Å². The lowest BCUT2D eigenvalue weighted by Crippen LogP contribution is -2.25. The van der Waals surface area contributed by atoms with Crippen molar-refractivity contribution in [1.82, 2.24) is 10.3 Å². The molecule has 0 bridgehead atoms. The Morgan fingerprint density at radius 3 is 2.47 bits per heavy atom. The van der Waals surface area contributed by atoms with Gasteiger partial charge in [-0.1, -0.05) is 25.4 Å². The summed E-state index contributed by atoms with van der Waals surface area (Å²) in [4.78, 5) is 6.84. The summed E-state index contributed by atoms with van der Waals surface area (Å²) in [6.07, 6.45) is 0. The molecule has 1 heterocycles. The Labute approximate surface area is 109 Å². The summed E-state index contributed by atoms with van der Waals surface area (Å²) in [5.41, 5.74) is 0.921. The van der Waals surface area contributed by atoms with Gasteiger partial charge >= 0.3 is 0 Å². The molecule has 0 aromatic carbocycles. The fourth-order valence-corrected chi connectivity index (χ4v) is 1.79. The molecule has 1 rings (SSSR count). The molecule has 1 aromatic rings. The van der Waals surface area contributed by atoms with Gasteiger partial charge in [0.25, 0.3) is 0 Å². The molecule has 4 heteroatoms. The quantitative estimate of drug-likeness (QED) is 0.847. The maximum Gasteiger partial charge on any atom is 0.128 e. The van der Waals surface area contributed by atoms with Crippen LogP contribution in [0, 0.1) is 0 Å². The van der Waals surface area contributed by atoms with E-state index in [0.29, 0.717) is 12.6 Å². The van der Waals surface area contributed by atoms with Crippen molar-refractivity contribution in [1.29, 1.82) is 0 Å². The zero-order valence-electron chi connectivity index (χ0n) is 11.1. The van der Waals surface area contributed by atoms with Crippen molar-refractivity contribution in [2.24, 2.45) is 0 Å². The minimum Gasteiger partial charge on any atom is -0.357 e. The minimum atomic E-state index is 0.435. The van der Waals surface area contributed by atoms with Crippen molar-refractivity contribution in [3.63, 3.8) is 0 Å². The van der Waals surface area contributed by atoms with Crippen molar-refractivity contribution >= 4 is 17.4 Å². The third kappa shape index (κ3) is 4.17. The van der Waals surface area contributed by atoms with Crippen molar-refractivity contribution in [2.75, 3.05) is 18.0 Å². The van der Waals surface area contributed by atoms with E-state index in [1.54, 1.807) is 0 Å². The second-order valence-electron chi connectivity index (χ2n) is 4.31. The van der Waals surface area contributed by atoms with Crippen LogP contribution in [0.2, 0.25) is 5.02 Å². The average Bonchev–Trinajstić information content (AvgIpc) is 2.30. The van der Waals surface area contributed by atoms with Gasteiger partial charge in [-0.15, -0.1) is 0 Å². The minimum absolute atomic E-state index is 0.435. The van der Waals surface area contributed by atoms with E-state index in [1.807, 2.05) is 12.1 Å². The normalized spacial score (nSPS) is 10.9. The van der Waals surface area contributed by atoms with Gasteiger partial charge in [-0.2, -0.15) is 0 Å². The molecule has 0 amide bonds. The van der Waals surface area contributed by atoms with Crippen molar-refractivity contribution in [2.45, 2.75) is 40.3 Å². The van der Waals surface area contributed by atoms with Gasteiger partial charge in [0.2, 0.25) is 0 Å². The molecule has 0 saturated carbocycles. The zero-order chi connectivity index (χ0) is 12.8. The molecular weight excluding hydrogens is 234 g/mol. The molecule has 0 saturated heterocycles. The molecule has 3 nitrogen and oxygen atoms in total. The highest BCUT2D eigenvalue weighted by molar-refractivity contribution is 6.31. The van der Waals surface area contributed by atoms with E-state index in [2.05, 4.69) is 42.9 Å². The van der Waals surface area contributed by atoms with Crippen LogP contribution < -0.4 is 10.2 Å². The second-order valence-corrected chi connectivity index (χ2v) is 4.71. The lowest BCUT2D eigenvalue weighted by atomic mass is 10.3. The van der Waals surface area contributed by atoms with E-state index in [1.165, 1.54) is 0 Å². The molecule has 17 heavy (non-hydrogen) atoms. The molecule has 1 N–H and O–H groups in total. The molecule has 96 valence electrons. The number of anilines is 1. The van der Waals surface area contributed by atoms with E-state index in [9.17, 15) is 0 Å². The van der Waals surface area contributed by atoms with E-state index < -0.39 is 0 Å². The molecule has 0 atom stereocenters. The van der Waals surface area contributed by atoms with Crippen LogP contribution in [0.1, 0.15) is 33.4 Å². The summed E-state index contributed by atoms with van der Waals surface area (Å²) in [6, 6.07) is 4.35. The summed E-state index contributed by atoms with van der Waals surface area (Å²) >= 11 is 6.15. The van der Waals surface area contributed by atoms with Gasteiger partial charge in [0.1, 0.15) is 5.82 Å². The van der Waals surface area contributed by atoms with Crippen LogP contribution >= 0.6 is 11.6 Å². The first-order valence-corrected chi connectivity index (χ1v) is 6.60. The van der Waals surface area contributed by atoms with E-state index in [0.717, 1.165) is 29.6 Å². The monoisotopic (exact) mass is 255 g/mol. The summed E-state index contributed by atoms with van der Waals surface area (Å²) in [7, 11) is 0. The number of aromatic nitrogens is 1. The Morgan fingerprint density at radius 2 is 1.94 bits per heavy atom. The first-order valence-electron chi connectivity index (χ1n) is 6.22. The first kappa shape index (κ1) is 14.3. The first-order chi connectivity index (χ1) is 8.08. The summed E-state index contributed by atoms with van der Waals surface area (Å²) in [5.74, 6) is 1.000. The Kier molecular flexibility index (Phi) is 5.72. The molecule has 0 radical (unpaired) electrons. The number of hydrogen-bond acceptors (Lipinski definition) is 3. The standard InChI is InChI=1S/C13H22ClN3/c1-5-17(6-2)13-8-7-11(14)12(16-13)9-15-10(3)4/h7-8,10,15H,5-6,9H2,1-4H3. The number of nitrogens with zero attached hydrogens (tertiary/aromatic N) is 2. The van der Waals surface area contributed by atoms with Crippen LogP contribution in [0.15, 0.2) is 12.1 Å². The highest BCUT2D eigenvalue weighted by Crippen LogP contribution is 2.19. The fraction of sp³-hybridized carbons (Fsp3) is 0.615. The number of halogens is 1. The average molecular weight is 256 g/mol. The molecule has 0 spiro atoms. The molecule has 0 unspecified atom stereocenters. The predicted molar refractivity (Wildman–Crippen MR) is 74.8 cm³/mol. The Morgan fingerprint density at radius 1 is 1.29 bits per heavy atom. The van der Waals surface area contributed by atoms with Gasteiger partial charge in [-0.25, -0.2) is 4.98 Å². The molecular formula is C13H22ClN3. The lowest BCUT2D eigenvalue weighted by Gasteiger charge is -2.21. The van der Waals surface area contributed by atoms with Crippen LogP contribution in [0.3, 0.4) is 0 Å².